The SMILES string of the molecule is CCC(C)(C)N(C)C(CN)c1ccccc1OC. The lowest BCUT2D eigenvalue weighted by atomic mass is 9.94. The lowest BCUT2D eigenvalue weighted by Crippen LogP contribution is -2.45. The molecular weight excluding hydrogens is 224 g/mol. The van der Waals surface area contributed by atoms with Gasteiger partial charge in [0.2, 0.25) is 0 Å². The molecule has 0 saturated carbocycles. The van der Waals surface area contributed by atoms with E-state index >= 15 is 0 Å². The Morgan fingerprint density at radius 3 is 2.44 bits per heavy atom. The van der Waals surface area contributed by atoms with Gasteiger partial charge in [-0.3, -0.25) is 4.90 Å². The fourth-order valence-corrected chi connectivity index (χ4v) is 2.11. The molecule has 1 unspecified atom stereocenters. The highest BCUT2D eigenvalue weighted by molar-refractivity contribution is 5.36. The molecule has 1 aromatic rings. The van der Waals surface area contributed by atoms with Gasteiger partial charge in [0.05, 0.1) is 13.2 Å². The fraction of sp³-hybridized carbons (Fsp3) is 0.600. The number of nitrogens with zero attached hydrogens (tertiary/aromatic N) is 1. The van der Waals surface area contributed by atoms with E-state index in [9.17, 15) is 0 Å². The smallest absolute Gasteiger partial charge is 0.123 e. The van der Waals surface area contributed by atoms with Gasteiger partial charge in [-0.15, -0.1) is 0 Å². The molecule has 0 aromatic heterocycles. The molecule has 0 aliphatic heterocycles. The summed E-state index contributed by atoms with van der Waals surface area (Å²) in [6.45, 7) is 7.27. The summed E-state index contributed by atoms with van der Waals surface area (Å²) in [4.78, 5) is 2.34. The quantitative estimate of drug-likeness (QED) is 0.843. The first-order valence-corrected chi connectivity index (χ1v) is 6.53. The molecule has 18 heavy (non-hydrogen) atoms. The summed E-state index contributed by atoms with van der Waals surface area (Å²) in [5, 5.41) is 0. The first kappa shape index (κ1) is 15.0. The van der Waals surface area contributed by atoms with E-state index in [1.165, 1.54) is 0 Å². The van der Waals surface area contributed by atoms with Gasteiger partial charge >= 0.3 is 0 Å². The van der Waals surface area contributed by atoms with Crippen LogP contribution in [0.4, 0.5) is 0 Å². The molecule has 0 aliphatic rings. The van der Waals surface area contributed by atoms with Crippen molar-refractivity contribution in [2.24, 2.45) is 5.73 Å². The van der Waals surface area contributed by atoms with Crippen LogP contribution < -0.4 is 10.5 Å². The van der Waals surface area contributed by atoms with Crippen LogP contribution in [0, 0.1) is 0 Å². The molecule has 0 radical (unpaired) electrons. The molecular formula is C15H26N2O. The first-order valence-electron chi connectivity index (χ1n) is 6.53. The topological polar surface area (TPSA) is 38.5 Å². The van der Waals surface area contributed by atoms with Gasteiger partial charge in [-0.2, -0.15) is 0 Å². The third kappa shape index (κ3) is 3.03. The summed E-state index contributed by atoms with van der Waals surface area (Å²) >= 11 is 0. The third-order valence-corrected chi connectivity index (χ3v) is 4.01. The second kappa shape index (κ2) is 6.21. The summed E-state index contributed by atoms with van der Waals surface area (Å²) in [7, 11) is 3.84. The predicted molar refractivity (Wildman–Crippen MR) is 76.9 cm³/mol. The summed E-state index contributed by atoms with van der Waals surface area (Å²) in [6.07, 6.45) is 1.08. The molecule has 0 bridgehead atoms. The number of likely N-dealkylation sites (N-methyl/N-ethyl adjacent to an activating group) is 1. The van der Waals surface area contributed by atoms with E-state index in [4.69, 9.17) is 10.5 Å². The van der Waals surface area contributed by atoms with E-state index in [0.29, 0.717) is 6.54 Å². The number of para-hydroxylation sites is 1. The zero-order chi connectivity index (χ0) is 13.8. The van der Waals surface area contributed by atoms with E-state index in [2.05, 4.69) is 38.8 Å². The molecule has 0 spiro atoms. The molecule has 102 valence electrons. The summed E-state index contributed by atoms with van der Waals surface area (Å²) in [6, 6.07) is 8.29. The van der Waals surface area contributed by atoms with Crippen molar-refractivity contribution in [3.05, 3.63) is 29.8 Å². The number of hydrogen-bond donors (Lipinski definition) is 1. The highest BCUT2D eigenvalue weighted by atomic mass is 16.5. The van der Waals surface area contributed by atoms with Crippen molar-refractivity contribution in [2.45, 2.75) is 38.8 Å². The molecule has 3 heteroatoms. The van der Waals surface area contributed by atoms with Crippen LogP contribution in [0.2, 0.25) is 0 Å². The second-order valence-electron chi connectivity index (χ2n) is 5.27. The number of ether oxygens (including phenoxy) is 1. The van der Waals surface area contributed by atoms with Gasteiger partial charge in [-0.05, 0) is 33.4 Å². The summed E-state index contributed by atoms with van der Waals surface area (Å²) in [5.74, 6) is 0.909. The average molecular weight is 250 g/mol. The van der Waals surface area contributed by atoms with Crippen molar-refractivity contribution in [3.8, 4) is 5.75 Å². The highest BCUT2D eigenvalue weighted by Gasteiger charge is 2.29. The van der Waals surface area contributed by atoms with Gasteiger partial charge in [0.1, 0.15) is 5.75 Å². The molecule has 3 nitrogen and oxygen atoms in total. The molecule has 1 atom stereocenters. The maximum atomic E-state index is 5.98. The van der Waals surface area contributed by atoms with E-state index in [0.717, 1.165) is 17.7 Å². The predicted octanol–water partition coefficient (Wildman–Crippen LogP) is 2.82. The van der Waals surface area contributed by atoms with Crippen molar-refractivity contribution in [3.63, 3.8) is 0 Å². The molecule has 2 N–H and O–H groups in total. The van der Waals surface area contributed by atoms with Crippen LogP contribution in [0.5, 0.6) is 5.75 Å². The van der Waals surface area contributed by atoms with Crippen LogP contribution in [0.25, 0.3) is 0 Å². The number of rotatable bonds is 6. The monoisotopic (exact) mass is 250 g/mol. The molecule has 0 aliphatic carbocycles. The van der Waals surface area contributed by atoms with Gasteiger partial charge in [-0.1, -0.05) is 25.1 Å². The van der Waals surface area contributed by atoms with Crippen LogP contribution in [-0.4, -0.2) is 31.1 Å². The first-order chi connectivity index (χ1) is 8.47. The van der Waals surface area contributed by atoms with E-state index in [1.807, 2.05) is 18.2 Å². The van der Waals surface area contributed by atoms with Gasteiger partial charge in [0, 0.05) is 17.6 Å². The minimum atomic E-state index is 0.116. The van der Waals surface area contributed by atoms with Gasteiger partial charge in [0.25, 0.3) is 0 Å². The maximum absolute atomic E-state index is 5.98. The number of hydrogen-bond acceptors (Lipinski definition) is 3. The van der Waals surface area contributed by atoms with Crippen LogP contribution >= 0.6 is 0 Å². The zero-order valence-corrected chi connectivity index (χ0v) is 12.2. The Hall–Kier alpha value is -1.06. The Balaban J connectivity index is 3.10. The Bertz CT molecular complexity index is 377. The van der Waals surface area contributed by atoms with Crippen LogP contribution in [0.15, 0.2) is 24.3 Å². The minimum absolute atomic E-state index is 0.116. The molecule has 0 fully saturated rings. The Morgan fingerprint density at radius 2 is 1.94 bits per heavy atom. The van der Waals surface area contributed by atoms with Crippen LogP contribution in [0.3, 0.4) is 0 Å². The number of nitrogens with two attached hydrogens (primary N) is 1. The Kier molecular flexibility index (Phi) is 5.17. The highest BCUT2D eigenvalue weighted by Crippen LogP contribution is 2.32. The molecule has 0 heterocycles. The van der Waals surface area contributed by atoms with Crippen molar-refractivity contribution < 1.29 is 4.74 Å². The van der Waals surface area contributed by atoms with E-state index in [-0.39, 0.29) is 11.6 Å². The Labute approximate surface area is 111 Å². The van der Waals surface area contributed by atoms with Crippen molar-refractivity contribution in [2.75, 3.05) is 20.7 Å². The summed E-state index contributed by atoms with van der Waals surface area (Å²) in [5.41, 5.74) is 7.26. The molecule has 0 saturated heterocycles. The van der Waals surface area contributed by atoms with Crippen molar-refractivity contribution in [1.29, 1.82) is 0 Å². The molecule has 1 aromatic carbocycles. The lowest BCUT2D eigenvalue weighted by molar-refractivity contribution is 0.0990. The second-order valence-corrected chi connectivity index (χ2v) is 5.27. The molecule has 1 rings (SSSR count). The summed E-state index contributed by atoms with van der Waals surface area (Å²) < 4.78 is 5.44. The number of methoxy groups -OCH3 is 1. The largest absolute Gasteiger partial charge is 0.496 e. The maximum Gasteiger partial charge on any atom is 0.123 e. The van der Waals surface area contributed by atoms with E-state index in [1.54, 1.807) is 7.11 Å². The van der Waals surface area contributed by atoms with Crippen LogP contribution in [0.1, 0.15) is 38.8 Å². The third-order valence-electron chi connectivity index (χ3n) is 4.01. The van der Waals surface area contributed by atoms with Crippen molar-refractivity contribution >= 4 is 0 Å². The van der Waals surface area contributed by atoms with Gasteiger partial charge in [-0.25, -0.2) is 0 Å². The fourth-order valence-electron chi connectivity index (χ4n) is 2.11. The standard InChI is InChI=1S/C15H26N2O/c1-6-15(2,3)17(4)13(11-16)12-9-7-8-10-14(12)18-5/h7-10,13H,6,11,16H2,1-5H3. The Morgan fingerprint density at radius 1 is 1.33 bits per heavy atom. The van der Waals surface area contributed by atoms with Crippen molar-refractivity contribution in [1.82, 2.24) is 4.90 Å². The number of benzene rings is 1. The van der Waals surface area contributed by atoms with Crippen LogP contribution in [-0.2, 0) is 0 Å². The molecule has 0 amide bonds. The lowest BCUT2D eigenvalue weighted by Gasteiger charge is -2.40. The van der Waals surface area contributed by atoms with Gasteiger partial charge < -0.3 is 10.5 Å². The average Bonchev–Trinajstić information content (AvgIpc) is 2.40. The van der Waals surface area contributed by atoms with Gasteiger partial charge in [0.15, 0.2) is 0 Å². The zero-order valence-electron chi connectivity index (χ0n) is 12.2. The normalized spacial score (nSPS) is 13.7. The minimum Gasteiger partial charge on any atom is -0.496 e. The van der Waals surface area contributed by atoms with E-state index < -0.39 is 0 Å².